The van der Waals surface area contributed by atoms with Gasteiger partial charge in [0.1, 0.15) is 0 Å². The van der Waals surface area contributed by atoms with Crippen LogP contribution in [0.3, 0.4) is 0 Å². The average molecular weight is 932 g/mol. The van der Waals surface area contributed by atoms with Gasteiger partial charge in [0.15, 0.2) is 0 Å². The van der Waals surface area contributed by atoms with Crippen LogP contribution in [0.4, 0.5) is 0 Å². The van der Waals surface area contributed by atoms with Crippen molar-refractivity contribution in [3.8, 4) is 22.3 Å². The Morgan fingerprint density at radius 3 is 1.11 bits per heavy atom. The zero-order chi connectivity index (χ0) is 38.3. The van der Waals surface area contributed by atoms with Gasteiger partial charge in [-0.15, -0.1) is 0 Å². The van der Waals surface area contributed by atoms with Crippen LogP contribution in [0.2, 0.25) is 87.9 Å². The second-order valence-electron chi connectivity index (χ2n) is 22.0. The Morgan fingerprint density at radius 1 is 0.491 bits per heavy atom. The van der Waals surface area contributed by atoms with E-state index < -0.39 is 52.3 Å². The van der Waals surface area contributed by atoms with Gasteiger partial charge in [-0.2, -0.15) is 0 Å². The van der Waals surface area contributed by atoms with Gasteiger partial charge in [0.25, 0.3) is 0 Å². The zero-order valence-corrected chi connectivity index (χ0v) is 43.0. The predicted molar refractivity (Wildman–Crippen MR) is 245 cm³/mol. The summed E-state index contributed by atoms with van der Waals surface area (Å²) in [5, 5.41) is 6.46. The van der Waals surface area contributed by atoms with Gasteiger partial charge in [-0.1, -0.05) is 0 Å². The molecule has 4 aromatic rings. The van der Waals surface area contributed by atoms with Crippen molar-refractivity contribution in [2.75, 3.05) is 0 Å². The molecule has 4 aromatic carbocycles. The van der Waals surface area contributed by atoms with E-state index in [-0.39, 0.29) is 5.41 Å². The topological polar surface area (TPSA) is 0 Å². The molecule has 0 radical (unpaired) electrons. The van der Waals surface area contributed by atoms with E-state index >= 15 is 0 Å². The molecule has 1 spiro atoms. The molecule has 0 nitrogen and oxygen atoms in total. The second-order valence-corrected chi connectivity index (χ2v) is 59.6. The van der Waals surface area contributed by atoms with Gasteiger partial charge < -0.3 is 0 Å². The Hall–Kier alpha value is -1.90. The average Bonchev–Trinajstić information content (AvgIpc) is 3.63. The normalized spacial score (nSPS) is 21.3. The molecule has 8 rings (SSSR count). The van der Waals surface area contributed by atoms with Gasteiger partial charge in [0.2, 0.25) is 0 Å². The fourth-order valence-electron chi connectivity index (χ4n) is 10.5. The Balaban J connectivity index is 1.31. The van der Waals surface area contributed by atoms with E-state index in [2.05, 4.69) is 173 Å². The fraction of sp³-hybridized carbons (Fsp3) is 0.417. The minimum absolute atomic E-state index is 0.227. The summed E-state index contributed by atoms with van der Waals surface area (Å²) in [7, 11) is -5.99. The summed E-state index contributed by atoms with van der Waals surface area (Å²) in [4.78, 5) is 0. The number of hydrogen-bond acceptors (Lipinski definition) is 0. The molecule has 1 heterocycles. The summed E-state index contributed by atoms with van der Waals surface area (Å²) in [6.45, 7) is 30.3. The van der Waals surface area contributed by atoms with Crippen molar-refractivity contribution in [2.24, 2.45) is 5.41 Å². The molecular formula is C48H64HfSi4. The summed E-state index contributed by atoms with van der Waals surface area (Å²) in [6, 6.07) is 30.5. The Kier molecular flexibility index (Phi) is 8.82. The first-order valence-corrected chi connectivity index (χ1v) is 45.9. The van der Waals surface area contributed by atoms with Crippen molar-refractivity contribution in [3.05, 3.63) is 106 Å². The maximum atomic E-state index is 2.84. The van der Waals surface area contributed by atoms with Gasteiger partial charge >= 0.3 is 334 Å². The number of fused-ring (bicyclic) bond motifs is 8. The summed E-state index contributed by atoms with van der Waals surface area (Å²) < 4.78 is 6.98. The molecule has 5 heteroatoms. The molecule has 3 aliphatic carbocycles. The summed E-state index contributed by atoms with van der Waals surface area (Å²) in [5.74, 6) is 0. The van der Waals surface area contributed by atoms with Crippen LogP contribution in [0.5, 0.6) is 0 Å². The van der Waals surface area contributed by atoms with Crippen molar-refractivity contribution >= 4 is 65.2 Å². The van der Waals surface area contributed by atoms with Crippen molar-refractivity contribution in [2.45, 2.75) is 115 Å². The zero-order valence-electron chi connectivity index (χ0n) is 35.4. The number of allylic oxidation sites excluding steroid dienone is 2. The molecule has 0 amide bonds. The van der Waals surface area contributed by atoms with E-state index in [1.165, 1.54) is 41.5 Å². The van der Waals surface area contributed by atoms with Crippen LogP contribution in [-0.4, -0.2) is 32.3 Å². The van der Waals surface area contributed by atoms with Crippen LogP contribution in [0.25, 0.3) is 34.4 Å². The van der Waals surface area contributed by atoms with Crippen LogP contribution in [0, 0.1) is 5.41 Å². The molecule has 2 fully saturated rings. The first-order valence-electron chi connectivity index (χ1n) is 20.5. The summed E-state index contributed by atoms with van der Waals surface area (Å²) in [5.41, 5.74) is 16.3. The van der Waals surface area contributed by atoms with Crippen LogP contribution in [-0.2, 0) is 20.0 Å². The van der Waals surface area contributed by atoms with Gasteiger partial charge in [0, 0.05) is 0 Å². The molecule has 0 N–H and O–H groups in total. The Morgan fingerprint density at radius 2 is 0.830 bits per heavy atom. The van der Waals surface area contributed by atoms with E-state index in [0.29, 0.717) is 7.35 Å². The molecule has 4 aliphatic rings. The summed E-state index contributed by atoms with van der Waals surface area (Å²) in [6.07, 6.45) is 9.57. The molecule has 2 unspecified atom stereocenters. The van der Waals surface area contributed by atoms with Crippen molar-refractivity contribution in [1.82, 2.24) is 0 Å². The van der Waals surface area contributed by atoms with Crippen molar-refractivity contribution in [1.29, 1.82) is 0 Å². The summed E-state index contributed by atoms with van der Waals surface area (Å²) >= 11 is -3.14. The molecule has 53 heavy (non-hydrogen) atoms. The number of benzene rings is 4. The second kappa shape index (κ2) is 12.3. The first kappa shape index (κ1) is 38.0. The van der Waals surface area contributed by atoms with E-state index in [1.54, 1.807) is 43.0 Å². The third kappa shape index (κ3) is 6.08. The minimum atomic E-state index is -3.14. The molecule has 1 saturated heterocycles. The van der Waals surface area contributed by atoms with Gasteiger partial charge in [-0.25, -0.2) is 0 Å². The molecule has 0 bridgehead atoms. The van der Waals surface area contributed by atoms with E-state index in [1.807, 2.05) is 11.1 Å². The van der Waals surface area contributed by atoms with E-state index in [0.717, 1.165) is 0 Å². The molecular weight excluding hydrogens is 867 g/mol. The van der Waals surface area contributed by atoms with Gasteiger partial charge in [-0.05, 0) is 0 Å². The molecule has 0 aromatic heterocycles. The van der Waals surface area contributed by atoms with Crippen molar-refractivity contribution in [3.63, 3.8) is 0 Å². The maximum absolute atomic E-state index is 3.14. The third-order valence-corrected chi connectivity index (χ3v) is 37.1. The van der Waals surface area contributed by atoms with Crippen LogP contribution in [0.1, 0.15) is 48.9 Å². The molecule has 2 atom stereocenters. The van der Waals surface area contributed by atoms with Crippen LogP contribution >= 0.6 is 0 Å². The first-order chi connectivity index (χ1) is 24.5. The molecule has 1 saturated carbocycles. The number of hydrogen-bond donors (Lipinski definition) is 0. The number of rotatable bonds is 6. The van der Waals surface area contributed by atoms with Crippen molar-refractivity contribution < 1.29 is 20.0 Å². The standard InChI is InChI=1S/C46H58Si4.2CH3.Hf/c1-47(2,3)38-24-34(25-39(30-38)48(4,5)6)42-18-13-16-32-22-36(28-44(32)42)46(20-15-21-46)37-23-33-17-14-19-43(45(33)29-37)35-26-40(49(7,8)9)31-41(27-35)50(10,11)12;;;/h13-14,16-19,22-31H,15,20-21H2,1-12H3;2*1H3;. The monoisotopic (exact) mass is 932 g/mol. The van der Waals surface area contributed by atoms with Crippen LogP contribution < -0.4 is 20.7 Å². The fourth-order valence-corrected chi connectivity index (χ4v) is 32.6. The van der Waals surface area contributed by atoms with E-state index in [4.69, 9.17) is 0 Å². The third-order valence-electron chi connectivity index (χ3n) is 13.9. The SMILES string of the molecule is C[Si](C)(C)c1cc(-c2cccc3c2C=C2[CH]3[Hf]([CH3])([CH3])[CH]3C(=Cc4c(-c5cc([Si](C)(C)C)cc([Si](C)(C)C)c5)cccc43)C23CCC3)cc([Si](C)(C)C)c1. The van der Waals surface area contributed by atoms with Gasteiger partial charge in [0.05, 0.1) is 0 Å². The Labute approximate surface area is 331 Å². The Bertz CT molecular complexity index is 2020. The van der Waals surface area contributed by atoms with Gasteiger partial charge in [-0.3, -0.25) is 0 Å². The van der Waals surface area contributed by atoms with Crippen LogP contribution in [0.15, 0.2) is 83.9 Å². The predicted octanol–water partition coefficient (Wildman–Crippen LogP) is 12.2. The quantitative estimate of drug-likeness (QED) is 0.169. The molecule has 1 aliphatic heterocycles. The van der Waals surface area contributed by atoms with E-state index in [9.17, 15) is 0 Å². The molecule has 276 valence electrons.